The number of urea groups is 1. The molecule has 21 heavy (non-hydrogen) atoms. The van der Waals surface area contributed by atoms with Crippen molar-refractivity contribution in [3.63, 3.8) is 0 Å². The fourth-order valence-electron chi connectivity index (χ4n) is 2.54. The molecule has 1 aliphatic heterocycles. The van der Waals surface area contributed by atoms with Gasteiger partial charge < -0.3 is 20.5 Å². The van der Waals surface area contributed by atoms with Crippen molar-refractivity contribution in [2.24, 2.45) is 0 Å². The molecular formula is C15H28N2O4. The average Bonchev–Trinajstić information content (AvgIpc) is 2.44. The van der Waals surface area contributed by atoms with Crippen molar-refractivity contribution in [3.8, 4) is 0 Å². The average molecular weight is 300 g/mol. The van der Waals surface area contributed by atoms with Crippen molar-refractivity contribution in [1.82, 2.24) is 10.6 Å². The van der Waals surface area contributed by atoms with Crippen molar-refractivity contribution in [3.05, 3.63) is 0 Å². The van der Waals surface area contributed by atoms with E-state index in [1.165, 1.54) is 19.3 Å². The normalized spacial score (nSPS) is 18.8. The van der Waals surface area contributed by atoms with Gasteiger partial charge >= 0.3 is 12.0 Å². The Morgan fingerprint density at radius 2 is 1.90 bits per heavy atom. The van der Waals surface area contributed by atoms with Crippen LogP contribution in [-0.4, -0.2) is 41.9 Å². The van der Waals surface area contributed by atoms with Crippen LogP contribution in [0.3, 0.4) is 0 Å². The molecule has 6 heteroatoms. The van der Waals surface area contributed by atoms with Crippen molar-refractivity contribution in [1.29, 1.82) is 0 Å². The lowest BCUT2D eigenvalue weighted by Crippen LogP contribution is -2.60. The van der Waals surface area contributed by atoms with E-state index in [2.05, 4.69) is 17.6 Å². The van der Waals surface area contributed by atoms with Gasteiger partial charge in [-0.25, -0.2) is 9.59 Å². The minimum absolute atomic E-state index is 0.0486. The molecule has 0 spiro atoms. The number of hydrogen-bond acceptors (Lipinski definition) is 3. The van der Waals surface area contributed by atoms with Gasteiger partial charge in [0.1, 0.15) is 5.54 Å². The summed E-state index contributed by atoms with van der Waals surface area (Å²) in [6.07, 6.45) is 6.16. The second kappa shape index (κ2) is 8.87. The Labute approximate surface area is 126 Å². The zero-order valence-electron chi connectivity index (χ0n) is 13.1. The van der Waals surface area contributed by atoms with Gasteiger partial charge in [-0.1, -0.05) is 32.6 Å². The maximum absolute atomic E-state index is 12.0. The molecule has 6 nitrogen and oxygen atoms in total. The lowest BCUT2D eigenvalue weighted by Gasteiger charge is -2.34. The van der Waals surface area contributed by atoms with E-state index in [0.29, 0.717) is 26.1 Å². The largest absolute Gasteiger partial charge is 0.480 e. The second-order valence-corrected chi connectivity index (χ2v) is 5.85. The van der Waals surface area contributed by atoms with E-state index in [9.17, 15) is 14.7 Å². The molecule has 0 aliphatic carbocycles. The quantitative estimate of drug-likeness (QED) is 0.600. The van der Waals surface area contributed by atoms with Crippen LogP contribution >= 0.6 is 0 Å². The van der Waals surface area contributed by atoms with Gasteiger partial charge in [0.05, 0.1) is 0 Å². The lowest BCUT2D eigenvalue weighted by molar-refractivity contribution is -0.148. The molecule has 0 aromatic rings. The SMILES string of the molecule is CCCCCCC(C)NC(=O)NC1(C(=O)O)CCOCC1. The monoisotopic (exact) mass is 300 g/mol. The summed E-state index contributed by atoms with van der Waals surface area (Å²) in [7, 11) is 0. The third-order valence-electron chi connectivity index (χ3n) is 3.98. The first-order chi connectivity index (χ1) is 10.00. The molecule has 1 aliphatic rings. The maximum atomic E-state index is 12.0. The van der Waals surface area contributed by atoms with Crippen molar-refractivity contribution in [2.45, 2.75) is 70.4 Å². The molecule has 1 saturated heterocycles. The molecule has 0 saturated carbocycles. The van der Waals surface area contributed by atoms with Crippen LogP contribution in [0.4, 0.5) is 4.79 Å². The summed E-state index contributed by atoms with van der Waals surface area (Å²) in [6, 6.07) is -0.352. The molecule has 1 rings (SSSR count). The smallest absolute Gasteiger partial charge is 0.329 e. The summed E-state index contributed by atoms with van der Waals surface area (Å²) in [5.74, 6) is -0.989. The van der Waals surface area contributed by atoms with E-state index < -0.39 is 17.5 Å². The zero-order chi connectivity index (χ0) is 15.7. The Bertz CT molecular complexity index is 341. The van der Waals surface area contributed by atoms with Crippen LogP contribution in [0, 0.1) is 0 Å². The highest BCUT2D eigenvalue weighted by atomic mass is 16.5. The van der Waals surface area contributed by atoms with E-state index in [4.69, 9.17) is 4.74 Å². The Kier molecular flexibility index (Phi) is 7.50. The van der Waals surface area contributed by atoms with E-state index in [0.717, 1.165) is 12.8 Å². The molecule has 1 atom stereocenters. The fourth-order valence-corrected chi connectivity index (χ4v) is 2.54. The summed E-state index contributed by atoms with van der Waals surface area (Å²) in [5, 5.41) is 14.8. The number of carbonyl (C=O) groups excluding carboxylic acids is 1. The zero-order valence-corrected chi connectivity index (χ0v) is 13.1. The standard InChI is InChI=1S/C15H28N2O4/c1-3-4-5-6-7-12(2)16-14(20)17-15(13(18)19)8-10-21-11-9-15/h12H,3-11H2,1-2H3,(H,18,19)(H2,16,17,20). The molecular weight excluding hydrogens is 272 g/mol. The fraction of sp³-hybridized carbons (Fsp3) is 0.867. The van der Waals surface area contributed by atoms with Crippen molar-refractivity contribution >= 4 is 12.0 Å². The van der Waals surface area contributed by atoms with Gasteiger partial charge in [-0.3, -0.25) is 0 Å². The third kappa shape index (κ3) is 5.91. The summed E-state index contributed by atoms with van der Waals surface area (Å²) < 4.78 is 5.18. The Balaban J connectivity index is 2.38. The summed E-state index contributed by atoms with van der Waals surface area (Å²) in [5.41, 5.74) is -1.19. The number of nitrogens with one attached hydrogen (secondary N) is 2. The van der Waals surface area contributed by atoms with Gasteiger partial charge in [0, 0.05) is 32.1 Å². The van der Waals surface area contributed by atoms with Crippen molar-refractivity contribution < 1.29 is 19.4 Å². The number of unbranched alkanes of at least 4 members (excludes halogenated alkanes) is 3. The van der Waals surface area contributed by atoms with Crippen LogP contribution < -0.4 is 10.6 Å². The summed E-state index contributed by atoms with van der Waals surface area (Å²) >= 11 is 0. The van der Waals surface area contributed by atoms with Gasteiger partial charge in [-0.15, -0.1) is 0 Å². The highest BCUT2D eigenvalue weighted by Crippen LogP contribution is 2.21. The van der Waals surface area contributed by atoms with Crippen LogP contribution in [0.2, 0.25) is 0 Å². The number of amides is 2. The number of ether oxygens (including phenoxy) is 1. The Morgan fingerprint density at radius 1 is 1.24 bits per heavy atom. The van der Waals surface area contributed by atoms with Crippen LogP contribution in [0.1, 0.15) is 58.8 Å². The molecule has 1 heterocycles. The Morgan fingerprint density at radius 3 is 2.48 bits per heavy atom. The first-order valence-corrected chi connectivity index (χ1v) is 7.90. The first kappa shape index (κ1) is 17.8. The number of aliphatic carboxylic acids is 1. The Hall–Kier alpha value is -1.30. The molecule has 0 radical (unpaired) electrons. The molecule has 1 fully saturated rings. The molecule has 3 N–H and O–H groups in total. The minimum atomic E-state index is -1.19. The van der Waals surface area contributed by atoms with Crippen LogP contribution in [0.15, 0.2) is 0 Å². The second-order valence-electron chi connectivity index (χ2n) is 5.85. The van der Waals surface area contributed by atoms with Gasteiger partial charge in [0.25, 0.3) is 0 Å². The molecule has 0 aromatic heterocycles. The van der Waals surface area contributed by atoms with Crippen LogP contribution in [-0.2, 0) is 9.53 Å². The highest BCUT2D eigenvalue weighted by molar-refractivity contribution is 5.86. The van der Waals surface area contributed by atoms with Crippen LogP contribution in [0.25, 0.3) is 0 Å². The minimum Gasteiger partial charge on any atom is -0.480 e. The number of rotatable bonds is 8. The number of carbonyl (C=O) groups is 2. The van der Waals surface area contributed by atoms with E-state index >= 15 is 0 Å². The lowest BCUT2D eigenvalue weighted by atomic mass is 9.90. The van der Waals surface area contributed by atoms with Gasteiger partial charge in [-0.05, 0) is 13.3 Å². The van der Waals surface area contributed by atoms with Gasteiger partial charge in [0.2, 0.25) is 0 Å². The van der Waals surface area contributed by atoms with E-state index in [1.54, 1.807) is 0 Å². The van der Waals surface area contributed by atoms with Crippen molar-refractivity contribution in [2.75, 3.05) is 13.2 Å². The molecule has 0 aromatic carbocycles. The molecule has 2 amide bonds. The first-order valence-electron chi connectivity index (χ1n) is 7.90. The molecule has 122 valence electrons. The number of carboxylic acids is 1. The molecule has 1 unspecified atom stereocenters. The number of carboxylic acid groups (broad SMARTS) is 1. The maximum Gasteiger partial charge on any atom is 0.329 e. The predicted molar refractivity (Wildman–Crippen MR) is 80.3 cm³/mol. The van der Waals surface area contributed by atoms with E-state index in [-0.39, 0.29) is 6.04 Å². The van der Waals surface area contributed by atoms with Crippen LogP contribution in [0.5, 0.6) is 0 Å². The number of hydrogen-bond donors (Lipinski definition) is 3. The summed E-state index contributed by atoms with van der Waals surface area (Å²) in [4.78, 5) is 23.4. The highest BCUT2D eigenvalue weighted by Gasteiger charge is 2.41. The summed E-state index contributed by atoms with van der Waals surface area (Å²) in [6.45, 7) is 4.83. The van der Waals surface area contributed by atoms with Gasteiger partial charge in [-0.2, -0.15) is 0 Å². The predicted octanol–water partition coefficient (Wildman–Crippen LogP) is 2.28. The molecule has 0 bridgehead atoms. The third-order valence-corrected chi connectivity index (χ3v) is 3.98. The topological polar surface area (TPSA) is 87.7 Å². The van der Waals surface area contributed by atoms with E-state index in [1.807, 2.05) is 6.92 Å². The van der Waals surface area contributed by atoms with Gasteiger partial charge in [0.15, 0.2) is 0 Å².